The standard InChI is InChI=1S/C23H23F3N8O2.2C2HF3O2/c1-15-28-20(22-30-29-21(35-22)17-3-5-18(6-4-17)36-23(24,25)26)31-34(15)14-16-7-8-27-19(13-16)33-11-9-32(2)10-12-33;2*3-2(4,5)1(6)7/h3-8,13H,9-12,14H2,1-2H3;2*(H,6,7). The zero-order valence-electron chi connectivity index (χ0n) is 25.6. The maximum atomic E-state index is 12.4. The van der Waals surface area contributed by atoms with Crippen molar-refractivity contribution < 1.29 is 68.5 Å². The summed E-state index contributed by atoms with van der Waals surface area (Å²) in [6.07, 6.45) is -13.1. The summed E-state index contributed by atoms with van der Waals surface area (Å²) in [4.78, 5) is 31.3. The van der Waals surface area contributed by atoms with Gasteiger partial charge in [-0.2, -0.15) is 26.3 Å². The van der Waals surface area contributed by atoms with Gasteiger partial charge in [0.05, 0.1) is 6.54 Å². The van der Waals surface area contributed by atoms with Crippen LogP contribution in [0.5, 0.6) is 5.75 Å². The Morgan fingerprint density at radius 1 is 0.860 bits per heavy atom. The topological polar surface area (TPSA) is 173 Å². The first-order chi connectivity index (χ1) is 23.1. The van der Waals surface area contributed by atoms with Crippen LogP contribution in [0.25, 0.3) is 23.2 Å². The number of piperazine rings is 1. The summed E-state index contributed by atoms with van der Waals surface area (Å²) in [6, 6.07) is 9.15. The Bertz CT molecular complexity index is 1710. The van der Waals surface area contributed by atoms with E-state index in [2.05, 4.69) is 52.9 Å². The molecule has 2 N–H and O–H groups in total. The Hall–Kier alpha value is -5.48. The van der Waals surface area contributed by atoms with E-state index in [4.69, 9.17) is 24.2 Å². The van der Waals surface area contributed by atoms with Gasteiger partial charge in [-0.15, -0.1) is 28.5 Å². The zero-order chi connectivity index (χ0) is 37.4. The molecule has 4 heterocycles. The molecule has 272 valence electrons. The average molecular weight is 729 g/mol. The third kappa shape index (κ3) is 11.9. The van der Waals surface area contributed by atoms with Crippen molar-refractivity contribution in [3.8, 4) is 28.9 Å². The summed E-state index contributed by atoms with van der Waals surface area (Å²) in [7, 11) is 2.11. The average Bonchev–Trinajstić information content (AvgIpc) is 3.64. The first kappa shape index (κ1) is 39.0. The largest absolute Gasteiger partial charge is 0.573 e. The third-order valence-electron chi connectivity index (χ3n) is 6.26. The second kappa shape index (κ2) is 15.8. The van der Waals surface area contributed by atoms with E-state index < -0.39 is 30.7 Å². The van der Waals surface area contributed by atoms with Crippen molar-refractivity contribution in [3.63, 3.8) is 0 Å². The van der Waals surface area contributed by atoms with Crippen LogP contribution in [0.15, 0.2) is 47.0 Å². The van der Waals surface area contributed by atoms with E-state index in [0.717, 1.165) is 37.6 Å². The molecule has 0 bridgehead atoms. The van der Waals surface area contributed by atoms with Crippen LogP contribution in [0.3, 0.4) is 0 Å². The number of carboxylic acids is 2. The number of aryl methyl sites for hydroxylation is 1. The number of anilines is 1. The van der Waals surface area contributed by atoms with E-state index in [1.807, 2.05) is 13.0 Å². The summed E-state index contributed by atoms with van der Waals surface area (Å²) in [5, 5.41) is 26.7. The molecule has 0 unspecified atom stereocenters. The molecule has 0 aliphatic carbocycles. The number of alkyl halides is 9. The van der Waals surface area contributed by atoms with Crippen LogP contribution in [0.4, 0.5) is 45.3 Å². The minimum absolute atomic E-state index is 0.107. The monoisotopic (exact) mass is 728 g/mol. The molecule has 5 rings (SSSR count). The number of hydrogen-bond acceptors (Lipinski definition) is 11. The zero-order valence-corrected chi connectivity index (χ0v) is 25.6. The lowest BCUT2D eigenvalue weighted by Gasteiger charge is -2.33. The predicted octanol–water partition coefficient (Wildman–Crippen LogP) is 4.66. The van der Waals surface area contributed by atoms with E-state index >= 15 is 0 Å². The number of hydrogen-bond donors (Lipinski definition) is 2. The van der Waals surface area contributed by atoms with Crippen molar-refractivity contribution in [3.05, 3.63) is 54.0 Å². The Morgan fingerprint density at radius 2 is 1.40 bits per heavy atom. The molecule has 50 heavy (non-hydrogen) atoms. The highest BCUT2D eigenvalue weighted by atomic mass is 19.4. The fourth-order valence-electron chi connectivity index (χ4n) is 3.83. The number of halogens is 9. The minimum Gasteiger partial charge on any atom is -0.475 e. The number of nitrogens with zero attached hydrogens (tertiary/aromatic N) is 8. The molecule has 14 nitrogen and oxygen atoms in total. The molecule has 23 heteroatoms. The number of likely N-dealkylation sites (N-methyl/N-ethyl adjacent to an activating group) is 1. The number of carboxylic acid groups (broad SMARTS) is 2. The van der Waals surface area contributed by atoms with E-state index in [-0.39, 0.29) is 23.4 Å². The number of aromatic nitrogens is 6. The number of rotatable bonds is 6. The van der Waals surface area contributed by atoms with Crippen LogP contribution < -0.4 is 9.64 Å². The molecular weight excluding hydrogens is 703 g/mol. The number of pyridine rings is 1. The van der Waals surface area contributed by atoms with Crippen LogP contribution in [0, 0.1) is 6.92 Å². The van der Waals surface area contributed by atoms with Gasteiger partial charge in [-0.25, -0.2) is 24.2 Å². The van der Waals surface area contributed by atoms with Gasteiger partial charge in [-0.1, -0.05) is 0 Å². The first-order valence-corrected chi connectivity index (χ1v) is 13.7. The van der Waals surface area contributed by atoms with Crippen molar-refractivity contribution in [2.45, 2.75) is 32.2 Å². The van der Waals surface area contributed by atoms with Crippen LogP contribution in [0.1, 0.15) is 11.4 Å². The number of benzene rings is 1. The molecule has 1 aromatic carbocycles. The molecule has 3 aromatic heterocycles. The Kier molecular flexibility index (Phi) is 12.3. The van der Waals surface area contributed by atoms with Crippen molar-refractivity contribution in [1.82, 2.24) is 34.8 Å². The number of aliphatic carboxylic acids is 2. The second-order valence-corrected chi connectivity index (χ2v) is 10.0. The molecule has 1 saturated heterocycles. The molecule has 1 fully saturated rings. The van der Waals surface area contributed by atoms with Crippen molar-refractivity contribution >= 4 is 17.8 Å². The lowest BCUT2D eigenvalue weighted by molar-refractivity contribution is -0.274. The molecule has 1 aliphatic rings. The molecule has 0 radical (unpaired) electrons. The van der Waals surface area contributed by atoms with Gasteiger partial charge < -0.3 is 29.2 Å². The van der Waals surface area contributed by atoms with Crippen molar-refractivity contribution in [2.24, 2.45) is 0 Å². The van der Waals surface area contributed by atoms with Crippen LogP contribution >= 0.6 is 0 Å². The maximum absolute atomic E-state index is 12.4. The van der Waals surface area contributed by atoms with Crippen LogP contribution in [0.2, 0.25) is 0 Å². The van der Waals surface area contributed by atoms with Gasteiger partial charge in [0.1, 0.15) is 17.4 Å². The summed E-state index contributed by atoms with van der Waals surface area (Å²) < 4.78 is 112. The molecule has 1 aliphatic heterocycles. The van der Waals surface area contributed by atoms with E-state index in [9.17, 15) is 39.5 Å². The lowest BCUT2D eigenvalue weighted by atomic mass is 10.2. The van der Waals surface area contributed by atoms with Gasteiger partial charge >= 0.3 is 30.7 Å². The molecule has 0 atom stereocenters. The number of carbonyl (C=O) groups is 2. The fraction of sp³-hybridized carbons (Fsp3) is 0.370. The summed E-state index contributed by atoms with van der Waals surface area (Å²) in [5.41, 5.74) is 1.47. The van der Waals surface area contributed by atoms with E-state index in [0.29, 0.717) is 17.9 Å². The van der Waals surface area contributed by atoms with E-state index in [1.165, 1.54) is 24.3 Å². The number of ether oxygens (including phenoxy) is 1. The second-order valence-electron chi connectivity index (χ2n) is 10.0. The highest BCUT2D eigenvalue weighted by Gasteiger charge is 2.39. The Morgan fingerprint density at radius 3 is 1.92 bits per heavy atom. The SMILES string of the molecule is Cc1nc(-c2nnc(-c3ccc(OC(F)(F)F)cc3)o2)nn1Cc1ccnc(N2CCN(C)CC2)c1.O=C(O)C(F)(F)F.O=C(O)C(F)(F)F. The highest BCUT2D eigenvalue weighted by Crippen LogP contribution is 2.27. The summed E-state index contributed by atoms with van der Waals surface area (Å²) in [5.74, 6) is -3.76. The summed E-state index contributed by atoms with van der Waals surface area (Å²) in [6.45, 7) is 6.16. The molecule has 0 spiro atoms. The van der Waals surface area contributed by atoms with Crippen LogP contribution in [-0.2, 0) is 16.1 Å². The predicted molar refractivity (Wildman–Crippen MR) is 151 cm³/mol. The normalized spacial score (nSPS) is 13.9. The van der Waals surface area contributed by atoms with Gasteiger partial charge in [0.15, 0.2) is 0 Å². The van der Waals surface area contributed by atoms with Gasteiger partial charge in [0.25, 0.3) is 5.89 Å². The van der Waals surface area contributed by atoms with Crippen LogP contribution in [-0.4, -0.2) is 109 Å². The minimum atomic E-state index is -5.08. The van der Waals surface area contributed by atoms with Gasteiger partial charge in [0, 0.05) is 37.9 Å². The molecule has 0 amide bonds. The lowest BCUT2D eigenvalue weighted by Crippen LogP contribution is -2.44. The fourth-order valence-corrected chi connectivity index (χ4v) is 3.83. The molecular formula is C27H25F9N8O6. The highest BCUT2D eigenvalue weighted by molar-refractivity contribution is 5.73. The van der Waals surface area contributed by atoms with Gasteiger partial charge in [-0.3, -0.25) is 0 Å². The van der Waals surface area contributed by atoms with E-state index in [1.54, 1.807) is 10.9 Å². The first-order valence-electron chi connectivity index (χ1n) is 13.7. The van der Waals surface area contributed by atoms with Crippen molar-refractivity contribution in [1.29, 1.82) is 0 Å². The molecule has 0 saturated carbocycles. The van der Waals surface area contributed by atoms with Gasteiger partial charge in [-0.05, 0) is 55.9 Å². The van der Waals surface area contributed by atoms with Gasteiger partial charge in [0.2, 0.25) is 11.7 Å². The maximum Gasteiger partial charge on any atom is 0.573 e. The Balaban J connectivity index is 0.000000408. The van der Waals surface area contributed by atoms with Crippen molar-refractivity contribution in [2.75, 3.05) is 38.1 Å². The smallest absolute Gasteiger partial charge is 0.475 e. The molecule has 4 aromatic rings. The third-order valence-corrected chi connectivity index (χ3v) is 6.26. The summed E-state index contributed by atoms with van der Waals surface area (Å²) >= 11 is 0. The Labute approximate surface area is 274 Å². The quantitative estimate of drug-likeness (QED) is 0.263.